The lowest BCUT2D eigenvalue weighted by molar-refractivity contribution is -0.129. The van der Waals surface area contributed by atoms with Gasteiger partial charge in [0.15, 0.2) is 11.5 Å². The summed E-state index contributed by atoms with van der Waals surface area (Å²) in [6.45, 7) is 6.14. The maximum Gasteiger partial charge on any atom is 0.227 e. The zero-order valence-electron chi connectivity index (χ0n) is 19.7. The lowest BCUT2D eigenvalue weighted by atomic mass is 9.82. The molecule has 1 fully saturated rings. The molecular formula is C26H34N2O4. The van der Waals surface area contributed by atoms with Crippen LogP contribution in [0.1, 0.15) is 56.7 Å². The normalized spacial score (nSPS) is 19.4. The van der Waals surface area contributed by atoms with Gasteiger partial charge < -0.3 is 19.7 Å². The maximum absolute atomic E-state index is 13.4. The highest BCUT2D eigenvalue weighted by atomic mass is 16.5. The van der Waals surface area contributed by atoms with Crippen LogP contribution in [-0.4, -0.2) is 32.1 Å². The Kier molecular flexibility index (Phi) is 7.78. The first-order chi connectivity index (χ1) is 15.4. The number of hydrogen-bond acceptors (Lipinski definition) is 4. The van der Waals surface area contributed by atoms with Crippen molar-refractivity contribution in [2.24, 2.45) is 5.92 Å². The molecule has 2 aromatic rings. The van der Waals surface area contributed by atoms with E-state index in [-0.39, 0.29) is 23.8 Å². The molecule has 2 amide bonds. The van der Waals surface area contributed by atoms with Crippen molar-refractivity contribution < 1.29 is 19.1 Å². The van der Waals surface area contributed by atoms with Crippen molar-refractivity contribution in [3.63, 3.8) is 0 Å². The molecule has 172 valence electrons. The van der Waals surface area contributed by atoms with Gasteiger partial charge in [0.2, 0.25) is 11.8 Å². The van der Waals surface area contributed by atoms with Crippen LogP contribution in [-0.2, 0) is 9.59 Å². The second kappa shape index (κ2) is 10.5. The molecule has 0 bridgehead atoms. The Morgan fingerprint density at radius 1 is 1.12 bits per heavy atom. The highest BCUT2D eigenvalue weighted by molar-refractivity contribution is 5.97. The Labute approximate surface area is 190 Å². The zero-order valence-corrected chi connectivity index (χ0v) is 19.7. The quantitative estimate of drug-likeness (QED) is 0.643. The minimum absolute atomic E-state index is 0.0132. The summed E-state index contributed by atoms with van der Waals surface area (Å²) < 4.78 is 10.9. The third kappa shape index (κ3) is 5.06. The average Bonchev–Trinajstić information content (AvgIpc) is 2.79. The van der Waals surface area contributed by atoms with E-state index in [0.717, 1.165) is 29.7 Å². The Balaban J connectivity index is 2.07. The van der Waals surface area contributed by atoms with Crippen LogP contribution < -0.4 is 19.7 Å². The Morgan fingerprint density at radius 3 is 2.44 bits per heavy atom. The number of nitrogens with one attached hydrogen (secondary N) is 1. The van der Waals surface area contributed by atoms with Crippen LogP contribution in [0.3, 0.4) is 0 Å². The lowest BCUT2D eigenvalue weighted by Gasteiger charge is -2.41. The van der Waals surface area contributed by atoms with Crippen LogP contribution in [0.4, 0.5) is 5.69 Å². The summed E-state index contributed by atoms with van der Waals surface area (Å²) in [5, 5.41) is 3.16. The number of nitrogens with zero attached hydrogens (tertiary/aromatic N) is 1. The van der Waals surface area contributed by atoms with E-state index >= 15 is 0 Å². The number of carbonyl (C=O) groups is 2. The van der Waals surface area contributed by atoms with Crippen LogP contribution >= 0.6 is 0 Å². The SMILES string of the molecule is CCC[C@H](C)NC(=O)[C@H]1CCC(=O)N(c2ccc(C)cc2)[C@H]1c1ccc(OC)c(OC)c1. The van der Waals surface area contributed by atoms with Gasteiger partial charge in [0.05, 0.1) is 26.2 Å². The number of piperidine rings is 1. The van der Waals surface area contributed by atoms with Crippen molar-refractivity contribution >= 4 is 17.5 Å². The number of ether oxygens (including phenoxy) is 2. The third-order valence-corrected chi connectivity index (χ3v) is 6.11. The zero-order chi connectivity index (χ0) is 23.3. The van der Waals surface area contributed by atoms with E-state index in [9.17, 15) is 9.59 Å². The van der Waals surface area contributed by atoms with Gasteiger partial charge in [-0.05, 0) is 56.5 Å². The molecule has 0 radical (unpaired) electrons. The highest BCUT2D eigenvalue weighted by Crippen LogP contribution is 2.42. The molecule has 0 aromatic heterocycles. The van der Waals surface area contributed by atoms with Gasteiger partial charge in [-0.25, -0.2) is 0 Å². The van der Waals surface area contributed by atoms with Crippen molar-refractivity contribution in [1.29, 1.82) is 0 Å². The molecule has 0 spiro atoms. The molecule has 0 aliphatic carbocycles. The van der Waals surface area contributed by atoms with Crippen molar-refractivity contribution in [2.75, 3.05) is 19.1 Å². The topological polar surface area (TPSA) is 67.9 Å². The second-order valence-corrected chi connectivity index (χ2v) is 8.50. The van der Waals surface area contributed by atoms with Crippen molar-refractivity contribution in [2.45, 2.75) is 58.5 Å². The smallest absolute Gasteiger partial charge is 0.227 e. The first kappa shape index (κ1) is 23.6. The molecule has 0 unspecified atom stereocenters. The van der Waals surface area contributed by atoms with Crippen molar-refractivity contribution in [3.05, 3.63) is 53.6 Å². The summed E-state index contributed by atoms with van der Waals surface area (Å²) in [7, 11) is 3.17. The number of carbonyl (C=O) groups excluding carboxylic acids is 2. The monoisotopic (exact) mass is 438 g/mol. The number of amides is 2. The Morgan fingerprint density at radius 2 is 1.81 bits per heavy atom. The first-order valence-corrected chi connectivity index (χ1v) is 11.3. The summed E-state index contributed by atoms with van der Waals surface area (Å²) in [5.74, 6) is 0.810. The third-order valence-electron chi connectivity index (χ3n) is 6.11. The molecule has 2 aromatic carbocycles. The molecule has 3 atom stereocenters. The molecule has 1 saturated heterocycles. The van der Waals surface area contributed by atoms with E-state index < -0.39 is 6.04 Å². The van der Waals surface area contributed by atoms with E-state index in [4.69, 9.17) is 9.47 Å². The number of anilines is 1. The number of methoxy groups -OCH3 is 2. The molecule has 32 heavy (non-hydrogen) atoms. The number of rotatable bonds is 8. The second-order valence-electron chi connectivity index (χ2n) is 8.50. The Hall–Kier alpha value is -3.02. The summed E-state index contributed by atoms with van der Waals surface area (Å²) in [6, 6.07) is 13.1. The molecular weight excluding hydrogens is 404 g/mol. The van der Waals surface area contributed by atoms with Crippen LogP contribution in [0.25, 0.3) is 0 Å². The maximum atomic E-state index is 13.4. The van der Waals surface area contributed by atoms with E-state index in [1.165, 1.54) is 0 Å². The molecule has 1 aliphatic rings. The minimum atomic E-state index is -0.437. The van der Waals surface area contributed by atoms with Gasteiger partial charge in [-0.15, -0.1) is 0 Å². The van der Waals surface area contributed by atoms with Crippen LogP contribution in [0.15, 0.2) is 42.5 Å². The van der Waals surface area contributed by atoms with Crippen LogP contribution in [0, 0.1) is 12.8 Å². The van der Waals surface area contributed by atoms with Gasteiger partial charge in [0, 0.05) is 18.2 Å². The van der Waals surface area contributed by atoms with Crippen molar-refractivity contribution in [1.82, 2.24) is 5.32 Å². The predicted molar refractivity (Wildman–Crippen MR) is 126 cm³/mol. The number of benzene rings is 2. The minimum Gasteiger partial charge on any atom is -0.493 e. The summed E-state index contributed by atoms with van der Waals surface area (Å²) in [6.07, 6.45) is 2.75. The predicted octanol–water partition coefficient (Wildman–Crippen LogP) is 4.80. The number of hydrogen-bond donors (Lipinski definition) is 1. The standard InChI is InChI=1S/C26H34N2O4/c1-6-7-18(3)27-26(30)21-13-15-24(29)28(20-11-8-17(2)9-12-20)25(21)19-10-14-22(31-4)23(16-19)32-5/h8-12,14,16,18,21,25H,6-7,13,15H2,1-5H3,(H,27,30)/t18-,21-,25-/m0/s1. The number of aryl methyl sites for hydroxylation is 1. The van der Waals surface area contributed by atoms with Crippen LogP contribution in [0.5, 0.6) is 11.5 Å². The fraction of sp³-hybridized carbons (Fsp3) is 0.462. The van der Waals surface area contributed by atoms with E-state index in [2.05, 4.69) is 12.2 Å². The largest absolute Gasteiger partial charge is 0.493 e. The van der Waals surface area contributed by atoms with Gasteiger partial charge in [-0.3, -0.25) is 9.59 Å². The molecule has 1 heterocycles. The van der Waals surface area contributed by atoms with Gasteiger partial charge in [0.1, 0.15) is 0 Å². The van der Waals surface area contributed by atoms with E-state index in [1.54, 1.807) is 19.1 Å². The molecule has 1 aliphatic heterocycles. The van der Waals surface area contributed by atoms with Gasteiger partial charge in [-0.2, -0.15) is 0 Å². The fourth-order valence-corrected chi connectivity index (χ4v) is 4.45. The molecule has 6 nitrogen and oxygen atoms in total. The van der Waals surface area contributed by atoms with Crippen molar-refractivity contribution in [3.8, 4) is 11.5 Å². The average molecular weight is 439 g/mol. The Bertz CT molecular complexity index is 941. The first-order valence-electron chi connectivity index (χ1n) is 11.3. The summed E-state index contributed by atoms with van der Waals surface area (Å²) >= 11 is 0. The van der Waals surface area contributed by atoms with Gasteiger partial charge in [-0.1, -0.05) is 37.1 Å². The van der Waals surface area contributed by atoms with Crippen LogP contribution in [0.2, 0.25) is 0 Å². The molecule has 3 rings (SSSR count). The van der Waals surface area contributed by atoms with Gasteiger partial charge in [0.25, 0.3) is 0 Å². The molecule has 0 saturated carbocycles. The molecule has 1 N–H and O–H groups in total. The molecule has 6 heteroatoms. The summed E-state index contributed by atoms with van der Waals surface area (Å²) in [4.78, 5) is 28.3. The fourth-order valence-electron chi connectivity index (χ4n) is 4.45. The van der Waals surface area contributed by atoms with E-state index in [1.807, 2.05) is 56.3 Å². The summed E-state index contributed by atoms with van der Waals surface area (Å²) in [5.41, 5.74) is 2.75. The highest BCUT2D eigenvalue weighted by Gasteiger charge is 2.42. The lowest BCUT2D eigenvalue weighted by Crippen LogP contribution is -2.49. The van der Waals surface area contributed by atoms with Gasteiger partial charge >= 0.3 is 0 Å². The van der Waals surface area contributed by atoms with E-state index in [0.29, 0.717) is 24.3 Å².